The van der Waals surface area contributed by atoms with Gasteiger partial charge in [-0.25, -0.2) is 8.42 Å². The van der Waals surface area contributed by atoms with Crippen LogP contribution in [-0.2, 0) is 14.8 Å². The number of benzene rings is 2. The zero-order valence-corrected chi connectivity index (χ0v) is 22.2. The Kier molecular flexibility index (Phi) is 8.83. The number of carbonyl (C=O) groups is 1. The van der Waals surface area contributed by atoms with Gasteiger partial charge in [0.15, 0.2) is 11.5 Å². The number of carbonyl (C=O) groups excluding carboxylic acids is 1. The van der Waals surface area contributed by atoms with Crippen LogP contribution in [0, 0.1) is 6.92 Å². The molecule has 0 aliphatic carbocycles. The van der Waals surface area contributed by atoms with E-state index in [1.54, 1.807) is 26.2 Å². The molecular formula is C25H36N2O6S. The third kappa shape index (κ3) is 5.94. The van der Waals surface area contributed by atoms with E-state index in [4.69, 9.17) is 14.2 Å². The van der Waals surface area contributed by atoms with E-state index < -0.39 is 22.0 Å². The summed E-state index contributed by atoms with van der Waals surface area (Å²) in [6.07, 6.45) is 1.07. The zero-order chi connectivity index (χ0) is 25.8. The van der Waals surface area contributed by atoms with Gasteiger partial charge in [0.1, 0.15) is 11.8 Å². The molecule has 2 atom stereocenters. The van der Waals surface area contributed by atoms with Gasteiger partial charge in [0.2, 0.25) is 15.9 Å². The summed E-state index contributed by atoms with van der Waals surface area (Å²) < 4.78 is 42.5. The first-order valence-corrected chi connectivity index (χ1v) is 12.9. The van der Waals surface area contributed by atoms with Gasteiger partial charge in [-0.1, -0.05) is 13.8 Å². The van der Waals surface area contributed by atoms with Crippen molar-refractivity contribution < 1.29 is 27.4 Å². The minimum absolute atomic E-state index is 0.238. The van der Waals surface area contributed by atoms with E-state index in [0.717, 1.165) is 33.0 Å². The van der Waals surface area contributed by atoms with Crippen molar-refractivity contribution >= 4 is 21.6 Å². The number of hydrogen-bond acceptors (Lipinski definition) is 6. The molecule has 34 heavy (non-hydrogen) atoms. The number of nitrogens with one attached hydrogen (secondary N) is 1. The molecule has 0 aliphatic rings. The van der Waals surface area contributed by atoms with Gasteiger partial charge in [-0.05, 0) is 67.6 Å². The van der Waals surface area contributed by atoms with E-state index in [1.807, 2.05) is 26.0 Å². The third-order valence-corrected chi connectivity index (χ3v) is 7.02. The maximum Gasteiger partial charge on any atom is 0.244 e. The Morgan fingerprint density at radius 2 is 1.47 bits per heavy atom. The summed E-state index contributed by atoms with van der Waals surface area (Å²) in [5.41, 5.74) is 3.27. The quantitative estimate of drug-likeness (QED) is 0.535. The van der Waals surface area contributed by atoms with Gasteiger partial charge in [-0.3, -0.25) is 9.10 Å². The summed E-state index contributed by atoms with van der Waals surface area (Å²) in [7, 11) is 0.818. The van der Waals surface area contributed by atoms with Crippen molar-refractivity contribution in [3.63, 3.8) is 0 Å². The van der Waals surface area contributed by atoms with Crippen LogP contribution >= 0.6 is 0 Å². The van der Waals surface area contributed by atoms with Crippen molar-refractivity contribution in [2.24, 2.45) is 0 Å². The largest absolute Gasteiger partial charge is 0.496 e. The Morgan fingerprint density at radius 1 is 0.882 bits per heavy atom. The average Bonchev–Trinajstić information content (AvgIpc) is 2.77. The molecular weight excluding hydrogens is 456 g/mol. The van der Waals surface area contributed by atoms with Crippen LogP contribution in [0.3, 0.4) is 0 Å². The number of aryl methyl sites for hydroxylation is 1. The lowest BCUT2D eigenvalue weighted by molar-refractivity contribution is -0.122. The van der Waals surface area contributed by atoms with Crippen molar-refractivity contribution in [3.05, 3.63) is 47.0 Å². The summed E-state index contributed by atoms with van der Waals surface area (Å²) in [4.78, 5) is 13.2. The van der Waals surface area contributed by atoms with Crippen LogP contribution in [-0.4, -0.2) is 48.0 Å². The van der Waals surface area contributed by atoms with E-state index in [9.17, 15) is 13.2 Å². The topological polar surface area (TPSA) is 94.2 Å². The Hall–Kier alpha value is -2.94. The van der Waals surface area contributed by atoms with Gasteiger partial charge in [0.25, 0.3) is 0 Å². The van der Waals surface area contributed by atoms with Crippen LogP contribution in [0.15, 0.2) is 30.3 Å². The van der Waals surface area contributed by atoms with Crippen LogP contribution in [0.2, 0.25) is 0 Å². The Morgan fingerprint density at radius 3 is 1.97 bits per heavy atom. The van der Waals surface area contributed by atoms with Crippen molar-refractivity contribution in [2.75, 3.05) is 31.9 Å². The van der Waals surface area contributed by atoms with Gasteiger partial charge < -0.3 is 19.5 Å². The maximum atomic E-state index is 13.2. The van der Waals surface area contributed by atoms with Gasteiger partial charge in [0, 0.05) is 6.07 Å². The maximum absolute atomic E-state index is 13.2. The number of ether oxygens (including phenoxy) is 3. The van der Waals surface area contributed by atoms with E-state index in [-0.39, 0.29) is 12.0 Å². The van der Waals surface area contributed by atoms with Crippen molar-refractivity contribution in [2.45, 2.75) is 52.6 Å². The van der Waals surface area contributed by atoms with Gasteiger partial charge >= 0.3 is 0 Å². The smallest absolute Gasteiger partial charge is 0.244 e. The van der Waals surface area contributed by atoms with Crippen molar-refractivity contribution in [1.29, 1.82) is 0 Å². The minimum Gasteiger partial charge on any atom is -0.496 e. The number of sulfonamides is 1. The second kappa shape index (κ2) is 11.0. The molecule has 0 heterocycles. The Balaban J connectivity index is 2.38. The van der Waals surface area contributed by atoms with E-state index in [1.165, 1.54) is 20.3 Å². The number of amides is 1. The van der Waals surface area contributed by atoms with Gasteiger partial charge in [0.05, 0.1) is 39.3 Å². The van der Waals surface area contributed by atoms with Crippen LogP contribution in [0.25, 0.3) is 0 Å². The third-order valence-electron chi connectivity index (χ3n) is 5.78. The summed E-state index contributed by atoms with van der Waals surface area (Å²) in [5.74, 6) is 1.45. The zero-order valence-electron chi connectivity index (χ0n) is 21.4. The standard InChI is InChI=1S/C25H36N2O6S/c1-15(2)20-14-21(16(3)12-23(20)32-7)17(4)26-25(28)18(5)27(34(9,29)30)19-10-11-22(31-6)24(13-19)33-8/h10-15,17-18H,1-9H3,(H,26,28)/t17-,18+/m0/s1. The fourth-order valence-corrected chi connectivity index (χ4v) is 5.16. The number of methoxy groups -OCH3 is 3. The van der Waals surface area contributed by atoms with Crippen LogP contribution in [0.1, 0.15) is 56.3 Å². The Bertz CT molecular complexity index is 1130. The molecule has 0 aliphatic heterocycles. The fraction of sp³-hybridized carbons (Fsp3) is 0.480. The van der Waals surface area contributed by atoms with E-state index in [2.05, 4.69) is 19.2 Å². The minimum atomic E-state index is -3.78. The van der Waals surface area contributed by atoms with Crippen LogP contribution in [0.4, 0.5) is 5.69 Å². The molecule has 188 valence electrons. The average molecular weight is 493 g/mol. The molecule has 0 unspecified atom stereocenters. The van der Waals surface area contributed by atoms with Gasteiger partial charge in [-0.15, -0.1) is 0 Å². The highest BCUT2D eigenvalue weighted by Crippen LogP contribution is 2.34. The van der Waals surface area contributed by atoms with Crippen LogP contribution < -0.4 is 23.8 Å². The molecule has 1 amide bonds. The molecule has 0 saturated carbocycles. The monoisotopic (exact) mass is 492 g/mol. The molecule has 2 aromatic rings. The number of rotatable bonds is 10. The highest BCUT2D eigenvalue weighted by molar-refractivity contribution is 7.92. The summed E-state index contributed by atoms with van der Waals surface area (Å²) in [6, 6.07) is 7.38. The summed E-state index contributed by atoms with van der Waals surface area (Å²) in [6.45, 7) is 9.55. The summed E-state index contributed by atoms with van der Waals surface area (Å²) >= 11 is 0. The molecule has 1 N–H and O–H groups in total. The van der Waals surface area contributed by atoms with Crippen molar-refractivity contribution in [1.82, 2.24) is 5.32 Å². The lowest BCUT2D eigenvalue weighted by Gasteiger charge is -2.30. The molecule has 0 saturated heterocycles. The summed E-state index contributed by atoms with van der Waals surface area (Å²) in [5, 5.41) is 2.97. The number of anilines is 1. The first-order valence-electron chi connectivity index (χ1n) is 11.1. The lowest BCUT2D eigenvalue weighted by Crippen LogP contribution is -2.48. The fourth-order valence-electron chi connectivity index (χ4n) is 3.99. The van der Waals surface area contributed by atoms with Crippen LogP contribution in [0.5, 0.6) is 17.2 Å². The predicted octanol–water partition coefficient (Wildman–Crippen LogP) is 4.18. The molecule has 8 nitrogen and oxygen atoms in total. The van der Waals surface area contributed by atoms with Gasteiger partial charge in [-0.2, -0.15) is 0 Å². The molecule has 0 spiro atoms. The highest BCUT2D eigenvalue weighted by atomic mass is 32.2. The van der Waals surface area contributed by atoms with E-state index in [0.29, 0.717) is 17.2 Å². The molecule has 2 aromatic carbocycles. The number of nitrogens with zero attached hydrogens (tertiary/aromatic N) is 1. The predicted molar refractivity (Wildman–Crippen MR) is 135 cm³/mol. The van der Waals surface area contributed by atoms with Crippen molar-refractivity contribution in [3.8, 4) is 17.2 Å². The first-order chi connectivity index (χ1) is 15.8. The normalized spacial score (nSPS) is 13.2. The second-order valence-corrected chi connectivity index (χ2v) is 10.5. The molecule has 0 bridgehead atoms. The second-order valence-electron chi connectivity index (χ2n) is 8.61. The molecule has 9 heteroatoms. The number of hydrogen-bond donors (Lipinski definition) is 1. The highest BCUT2D eigenvalue weighted by Gasteiger charge is 2.31. The Labute approximate surface area is 203 Å². The first kappa shape index (κ1) is 27.3. The lowest BCUT2D eigenvalue weighted by atomic mass is 9.93. The SMILES string of the molecule is COc1ccc(N([C@H](C)C(=O)N[C@@H](C)c2cc(C(C)C)c(OC)cc2C)S(C)(=O)=O)cc1OC. The molecule has 0 aromatic heterocycles. The molecule has 0 fully saturated rings. The van der Waals surface area contributed by atoms with E-state index >= 15 is 0 Å². The molecule has 2 rings (SSSR count). The molecule has 0 radical (unpaired) electrons.